The molecule has 0 radical (unpaired) electrons. The van der Waals surface area contributed by atoms with E-state index in [1.54, 1.807) is 18.0 Å². The molecule has 21 heavy (non-hydrogen) atoms. The molecule has 0 aliphatic rings. The number of methoxy groups -OCH3 is 1. The molecule has 0 fully saturated rings. The minimum absolute atomic E-state index is 0.0604. The number of nitrogens with zero attached hydrogens (tertiary/aromatic N) is 2. The second-order valence-electron chi connectivity index (χ2n) is 4.62. The van der Waals surface area contributed by atoms with Gasteiger partial charge in [-0.15, -0.1) is 0 Å². The van der Waals surface area contributed by atoms with Gasteiger partial charge in [0.15, 0.2) is 0 Å². The summed E-state index contributed by atoms with van der Waals surface area (Å²) in [6.07, 6.45) is 2.44. The van der Waals surface area contributed by atoms with Gasteiger partial charge in [-0.05, 0) is 34.5 Å². The maximum absolute atomic E-state index is 12.6. The average Bonchev–Trinajstić information content (AvgIpc) is 2.86. The highest BCUT2D eigenvalue weighted by Gasteiger charge is 2.18. The zero-order valence-corrected chi connectivity index (χ0v) is 13.5. The Kier molecular flexibility index (Phi) is 5.67. The van der Waals surface area contributed by atoms with Crippen molar-refractivity contribution in [1.29, 1.82) is 0 Å². The predicted octanol–water partition coefficient (Wildman–Crippen LogP) is 2.02. The van der Waals surface area contributed by atoms with E-state index in [-0.39, 0.29) is 5.78 Å². The number of aromatic nitrogens is 2. The van der Waals surface area contributed by atoms with Crippen LogP contribution in [0.1, 0.15) is 21.6 Å². The van der Waals surface area contributed by atoms with Crippen LogP contribution in [0.3, 0.4) is 0 Å². The Morgan fingerprint density at radius 3 is 2.71 bits per heavy atom. The van der Waals surface area contributed by atoms with E-state index in [1.165, 1.54) is 0 Å². The Bertz CT molecular complexity index is 608. The standard InChI is InChI=1S/C15H18BrN3O2/c1-21-9-8-19-14(13(16)10-18-19)15(20)12-4-2-11(3-5-12)6-7-17/h2-5,10H,6-9,17H2,1H3. The lowest BCUT2D eigenvalue weighted by Crippen LogP contribution is -2.15. The van der Waals surface area contributed by atoms with Crippen molar-refractivity contribution >= 4 is 21.7 Å². The molecule has 0 aliphatic heterocycles. The number of carbonyl (C=O) groups is 1. The molecule has 0 amide bonds. The Balaban J connectivity index is 2.24. The number of nitrogens with two attached hydrogens (primary N) is 1. The summed E-state index contributed by atoms with van der Waals surface area (Å²) in [5.41, 5.74) is 7.83. The van der Waals surface area contributed by atoms with E-state index in [9.17, 15) is 4.79 Å². The first-order chi connectivity index (χ1) is 10.2. The average molecular weight is 352 g/mol. The van der Waals surface area contributed by atoms with Crippen LogP contribution in [0.25, 0.3) is 0 Å². The number of carbonyl (C=O) groups excluding carboxylic acids is 1. The van der Waals surface area contributed by atoms with Gasteiger partial charge in [-0.1, -0.05) is 24.3 Å². The third-order valence-electron chi connectivity index (χ3n) is 3.17. The first-order valence-electron chi connectivity index (χ1n) is 6.71. The first kappa shape index (κ1) is 15.9. The second kappa shape index (κ2) is 7.49. The van der Waals surface area contributed by atoms with Crippen LogP contribution in [-0.2, 0) is 17.7 Å². The Morgan fingerprint density at radius 2 is 2.10 bits per heavy atom. The molecule has 0 unspecified atom stereocenters. The van der Waals surface area contributed by atoms with Gasteiger partial charge in [-0.3, -0.25) is 9.48 Å². The molecule has 0 saturated carbocycles. The van der Waals surface area contributed by atoms with Gasteiger partial charge in [0.25, 0.3) is 0 Å². The van der Waals surface area contributed by atoms with Crippen molar-refractivity contribution in [2.45, 2.75) is 13.0 Å². The lowest BCUT2D eigenvalue weighted by molar-refractivity contribution is 0.102. The van der Waals surface area contributed by atoms with Crippen molar-refractivity contribution in [3.63, 3.8) is 0 Å². The number of ether oxygens (including phenoxy) is 1. The first-order valence-corrected chi connectivity index (χ1v) is 7.50. The SMILES string of the molecule is COCCn1ncc(Br)c1C(=O)c1ccc(CCN)cc1. The van der Waals surface area contributed by atoms with Crippen molar-refractivity contribution in [2.24, 2.45) is 5.73 Å². The molecule has 0 aliphatic carbocycles. The summed E-state index contributed by atoms with van der Waals surface area (Å²) >= 11 is 3.38. The van der Waals surface area contributed by atoms with Gasteiger partial charge in [0, 0.05) is 12.7 Å². The van der Waals surface area contributed by atoms with Gasteiger partial charge in [0.1, 0.15) is 5.69 Å². The zero-order valence-electron chi connectivity index (χ0n) is 11.9. The van der Waals surface area contributed by atoms with Crippen LogP contribution in [-0.4, -0.2) is 35.8 Å². The van der Waals surface area contributed by atoms with E-state index >= 15 is 0 Å². The summed E-state index contributed by atoms with van der Waals surface area (Å²) < 4.78 is 7.38. The maximum atomic E-state index is 12.6. The molecule has 1 aromatic carbocycles. The molecule has 2 aromatic rings. The van der Waals surface area contributed by atoms with Crippen LogP contribution in [0.5, 0.6) is 0 Å². The maximum Gasteiger partial charge on any atom is 0.212 e. The molecule has 0 spiro atoms. The third kappa shape index (κ3) is 3.78. The number of benzene rings is 1. The van der Waals surface area contributed by atoms with E-state index < -0.39 is 0 Å². The molecule has 5 nitrogen and oxygen atoms in total. The number of hydrogen-bond acceptors (Lipinski definition) is 4. The molecule has 1 heterocycles. The van der Waals surface area contributed by atoms with Gasteiger partial charge in [0.2, 0.25) is 5.78 Å². The number of halogens is 1. The number of ketones is 1. The van der Waals surface area contributed by atoms with Crippen LogP contribution in [0.4, 0.5) is 0 Å². The number of hydrogen-bond donors (Lipinski definition) is 1. The molecule has 1 aromatic heterocycles. The van der Waals surface area contributed by atoms with Crippen LogP contribution in [0.15, 0.2) is 34.9 Å². The fraction of sp³-hybridized carbons (Fsp3) is 0.333. The number of rotatable bonds is 7. The quantitative estimate of drug-likeness (QED) is 0.774. The van der Waals surface area contributed by atoms with E-state index in [1.807, 2.05) is 24.3 Å². The fourth-order valence-electron chi connectivity index (χ4n) is 2.06. The lowest BCUT2D eigenvalue weighted by Gasteiger charge is -2.07. The molecule has 112 valence electrons. The Hall–Kier alpha value is -1.50. The summed E-state index contributed by atoms with van der Waals surface area (Å²) in [5.74, 6) is -0.0604. The molecule has 0 saturated heterocycles. The van der Waals surface area contributed by atoms with Gasteiger partial charge >= 0.3 is 0 Å². The van der Waals surface area contributed by atoms with Crippen LogP contribution in [0.2, 0.25) is 0 Å². The molecule has 0 bridgehead atoms. The van der Waals surface area contributed by atoms with Crippen LogP contribution in [0, 0.1) is 0 Å². The minimum Gasteiger partial charge on any atom is -0.383 e. The van der Waals surface area contributed by atoms with Crippen molar-refractivity contribution < 1.29 is 9.53 Å². The smallest absolute Gasteiger partial charge is 0.212 e. The molecular formula is C15H18BrN3O2. The van der Waals surface area contributed by atoms with E-state index in [4.69, 9.17) is 10.5 Å². The molecule has 2 rings (SSSR count). The highest BCUT2D eigenvalue weighted by atomic mass is 79.9. The van der Waals surface area contributed by atoms with E-state index in [2.05, 4.69) is 21.0 Å². The van der Waals surface area contributed by atoms with Gasteiger partial charge in [-0.25, -0.2) is 0 Å². The second-order valence-corrected chi connectivity index (χ2v) is 5.48. The van der Waals surface area contributed by atoms with Gasteiger partial charge in [-0.2, -0.15) is 5.10 Å². The molecule has 0 atom stereocenters. The topological polar surface area (TPSA) is 70.1 Å². The van der Waals surface area contributed by atoms with Gasteiger partial charge in [0.05, 0.1) is 23.8 Å². The minimum atomic E-state index is -0.0604. The van der Waals surface area contributed by atoms with Crippen molar-refractivity contribution in [2.75, 3.05) is 20.3 Å². The summed E-state index contributed by atoms with van der Waals surface area (Å²) in [6, 6.07) is 7.52. The lowest BCUT2D eigenvalue weighted by atomic mass is 10.0. The Morgan fingerprint density at radius 1 is 1.38 bits per heavy atom. The normalized spacial score (nSPS) is 10.8. The zero-order chi connectivity index (χ0) is 15.2. The summed E-state index contributed by atoms with van der Waals surface area (Å²) in [5, 5.41) is 4.20. The molecular weight excluding hydrogens is 334 g/mol. The summed E-state index contributed by atoms with van der Waals surface area (Å²) in [6.45, 7) is 1.64. The van der Waals surface area contributed by atoms with Gasteiger partial charge < -0.3 is 10.5 Å². The fourth-order valence-corrected chi connectivity index (χ4v) is 2.54. The highest BCUT2D eigenvalue weighted by Crippen LogP contribution is 2.20. The predicted molar refractivity (Wildman–Crippen MR) is 84.4 cm³/mol. The molecule has 2 N–H and O–H groups in total. The van der Waals surface area contributed by atoms with Crippen molar-refractivity contribution in [3.05, 3.63) is 51.8 Å². The monoisotopic (exact) mass is 351 g/mol. The summed E-state index contributed by atoms with van der Waals surface area (Å²) in [4.78, 5) is 12.6. The summed E-state index contributed by atoms with van der Waals surface area (Å²) in [7, 11) is 1.62. The highest BCUT2D eigenvalue weighted by molar-refractivity contribution is 9.10. The third-order valence-corrected chi connectivity index (χ3v) is 3.75. The Labute approximate surface area is 132 Å². The van der Waals surface area contributed by atoms with E-state index in [0.29, 0.717) is 35.4 Å². The van der Waals surface area contributed by atoms with Crippen LogP contribution < -0.4 is 5.73 Å². The van der Waals surface area contributed by atoms with Crippen LogP contribution >= 0.6 is 15.9 Å². The van der Waals surface area contributed by atoms with E-state index in [0.717, 1.165) is 12.0 Å². The largest absolute Gasteiger partial charge is 0.383 e. The van der Waals surface area contributed by atoms with Crippen molar-refractivity contribution in [3.8, 4) is 0 Å². The molecule has 6 heteroatoms. The van der Waals surface area contributed by atoms with Crippen molar-refractivity contribution in [1.82, 2.24) is 9.78 Å².